The molecule has 12 heteroatoms. The molecule has 256 valence electrons. The summed E-state index contributed by atoms with van der Waals surface area (Å²) in [7, 11) is 3.06. The van der Waals surface area contributed by atoms with Gasteiger partial charge in [0, 0.05) is 28.6 Å². The predicted octanol–water partition coefficient (Wildman–Crippen LogP) is 5.62. The highest BCUT2D eigenvalue weighted by molar-refractivity contribution is 6.08. The van der Waals surface area contributed by atoms with Gasteiger partial charge in [-0.3, -0.25) is 9.59 Å². The lowest BCUT2D eigenvalue weighted by Gasteiger charge is -2.25. The van der Waals surface area contributed by atoms with E-state index in [0.29, 0.717) is 39.0 Å². The molecule has 2 atom stereocenters. The number of hydrogen-bond donors (Lipinski definition) is 4. The molecule has 0 spiro atoms. The van der Waals surface area contributed by atoms with Gasteiger partial charge in [-0.05, 0) is 66.5 Å². The molecule has 8 rings (SSSR count). The Kier molecular flexibility index (Phi) is 8.26. The molecule has 6 aromatic rings. The smallest absolute Gasteiger partial charge is 0.271 e. The molecule has 0 radical (unpaired) electrons. The summed E-state index contributed by atoms with van der Waals surface area (Å²) in [6.45, 7) is 0. The average Bonchev–Trinajstić information content (AvgIpc) is 3.56. The Bertz CT molecular complexity index is 2350. The number of amides is 2. The molecule has 2 aromatic heterocycles. The third kappa shape index (κ3) is 6.09. The van der Waals surface area contributed by atoms with E-state index in [9.17, 15) is 9.59 Å². The van der Waals surface area contributed by atoms with Gasteiger partial charge in [-0.2, -0.15) is 0 Å². The first-order chi connectivity index (χ1) is 24.9. The highest BCUT2D eigenvalue weighted by Gasteiger charge is 2.27. The first kappa shape index (κ1) is 31.9. The van der Waals surface area contributed by atoms with E-state index in [1.807, 2.05) is 36.4 Å². The molecule has 0 saturated heterocycles. The number of nitrogen functional groups attached to an aromatic ring is 1. The Morgan fingerprint density at radius 2 is 1.41 bits per heavy atom. The first-order valence-corrected chi connectivity index (χ1v) is 16.9. The van der Waals surface area contributed by atoms with Gasteiger partial charge in [0.2, 0.25) is 11.9 Å². The quantitative estimate of drug-likeness (QED) is 0.159. The molecule has 2 heterocycles. The predicted molar refractivity (Wildman–Crippen MR) is 195 cm³/mol. The maximum Gasteiger partial charge on any atom is 0.271 e. The second-order valence-corrected chi connectivity index (χ2v) is 12.8. The summed E-state index contributed by atoms with van der Waals surface area (Å²) in [5.74, 6) is 0.254. The van der Waals surface area contributed by atoms with Crippen LogP contribution in [0.1, 0.15) is 62.1 Å². The normalized spacial score (nSPS) is 16.3. The number of para-hydroxylation sites is 1. The molecule has 0 aliphatic heterocycles. The fourth-order valence-electron chi connectivity index (χ4n) is 7.28. The van der Waals surface area contributed by atoms with Gasteiger partial charge in [-0.25, -0.2) is 19.9 Å². The van der Waals surface area contributed by atoms with E-state index in [4.69, 9.17) is 25.2 Å². The number of aromatic nitrogens is 4. The van der Waals surface area contributed by atoms with Crippen LogP contribution in [0.5, 0.6) is 11.5 Å². The van der Waals surface area contributed by atoms with Gasteiger partial charge in [0.05, 0.1) is 20.3 Å². The lowest BCUT2D eigenvalue weighted by Crippen LogP contribution is -2.39. The Balaban J connectivity index is 1.14. The summed E-state index contributed by atoms with van der Waals surface area (Å²) in [5, 5.41) is 10.6. The van der Waals surface area contributed by atoms with E-state index < -0.39 is 0 Å². The van der Waals surface area contributed by atoms with Crippen molar-refractivity contribution in [2.24, 2.45) is 0 Å². The first-order valence-electron chi connectivity index (χ1n) is 16.9. The van der Waals surface area contributed by atoms with E-state index in [1.165, 1.54) is 23.8 Å². The lowest BCUT2D eigenvalue weighted by molar-refractivity contribution is 0.0923. The van der Waals surface area contributed by atoms with Crippen molar-refractivity contribution in [1.82, 2.24) is 30.6 Å². The van der Waals surface area contributed by atoms with Crippen LogP contribution in [0.3, 0.4) is 0 Å². The summed E-state index contributed by atoms with van der Waals surface area (Å²) >= 11 is 0. The zero-order chi connectivity index (χ0) is 35.1. The summed E-state index contributed by atoms with van der Waals surface area (Å²) < 4.78 is 11.3. The maximum atomic E-state index is 13.9. The van der Waals surface area contributed by atoms with Crippen LogP contribution in [0.25, 0.3) is 21.8 Å². The highest BCUT2D eigenvalue weighted by Crippen LogP contribution is 2.35. The summed E-state index contributed by atoms with van der Waals surface area (Å²) in [6.07, 6.45) is 4.12. The number of nitrogens with zero attached hydrogens (tertiary/aromatic N) is 4. The van der Waals surface area contributed by atoms with Gasteiger partial charge in [0.1, 0.15) is 33.9 Å². The van der Waals surface area contributed by atoms with Gasteiger partial charge >= 0.3 is 0 Å². The third-order valence-electron chi connectivity index (χ3n) is 9.72. The minimum absolute atomic E-state index is 0.0427. The number of nitrogens with one attached hydrogen (secondary N) is 3. The molecular weight excluding hydrogens is 644 g/mol. The summed E-state index contributed by atoms with van der Waals surface area (Å²) in [5.41, 5.74) is 12.6. The standard InChI is InChI=1S/C39H36N8O4/c1-50-30-13-7-12-27-32(30)46-39(47-34(27)36(48)41-24-16-14-21-8-3-4-10-23(21)18-24)42-25-19-28-33(31(20-25)51-2)44-38(40)45-35(28)37(49)43-29-17-15-22-9-5-6-11-26(22)29/h3-13,19-20,24,29H,14-18H2,1-2H3,(H,41,48)(H,43,49)(H2,40,44,45)(H,42,46,47)/t24?,29-/m1/s1. The Morgan fingerprint density at radius 3 is 2.24 bits per heavy atom. The van der Waals surface area contributed by atoms with Crippen LogP contribution in [0.15, 0.2) is 78.9 Å². The Labute approximate surface area is 293 Å². The minimum atomic E-state index is -0.383. The second kappa shape index (κ2) is 13.2. The molecule has 1 unspecified atom stereocenters. The molecule has 4 aromatic carbocycles. The van der Waals surface area contributed by atoms with Crippen LogP contribution in [0.2, 0.25) is 0 Å². The second-order valence-electron chi connectivity index (χ2n) is 12.8. The molecule has 2 amide bonds. The van der Waals surface area contributed by atoms with Crippen molar-refractivity contribution < 1.29 is 19.1 Å². The number of fused-ring (bicyclic) bond motifs is 4. The third-order valence-corrected chi connectivity index (χ3v) is 9.72. The van der Waals surface area contributed by atoms with Crippen molar-refractivity contribution in [3.8, 4) is 11.5 Å². The number of nitrogens with two attached hydrogens (primary N) is 1. The zero-order valence-electron chi connectivity index (χ0n) is 28.2. The number of methoxy groups -OCH3 is 2. The number of anilines is 3. The van der Waals surface area contributed by atoms with Gasteiger partial charge in [-0.15, -0.1) is 0 Å². The molecule has 2 aliphatic rings. The molecular formula is C39H36N8O4. The van der Waals surface area contributed by atoms with Crippen molar-refractivity contribution in [3.05, 3.63) is 113 Å². The van der Waals surface area contributed by atoms with Crippen molar-refractivity contribution in [2.75, 3.05) is 25.3 Å². The molecule has 12 nitrogen and oxygen atoms in total. The van der Waals surface area contributed by atoms with Gasteiger partial charge < -0.3 is 31.2 Å². The largest absolute Gasteiger partial charge is 0.494 e. The van der Waals surface area contributed by atoms with E-state index in [1.54, 1.807) is 31.4 Å². The molecule has 0 fully saturated rings. The maximum absolute atomic E-state index is 13.9. The number of carbonyl (C=O) groups is 2. The van der Waals surface area contributed by atoms with Crippen molar-refractivity contribution >= 4 is 51.2 Å². The van der Waals surface area contributed by atoms with E-state index in [2.05, 4.69) is 44.1 Å². The molecule has 0 saturated carbocycles. The molecule has 51 heavy (non-hydrogen) atoms. The topological polar surface area (TPSA) is 166 Å². The fraction of sp³-hybridized carbons (Fsp3) is 0.231. The van der Waals surface area contributed by atoms with Crippen LogP contribution in [0, 0.1) is 0 Å². The van der Waals surface area contributed by atoms with Crippen LogP contribution < -0.4 is 31.2 Å². The van der Waals surface area contributed by atoms with E-state index in [-0.39, 0.29) is 47.2 Å². The summed E-state index contributed by atoms with van der Waals surface area (Å²) in [6, 6.07) is 25.0. The molecule has 2 aliphatic carbocycles. The SMILES string of the molecule is COc1cccc2c(C(=O)NC3CCc4ccccc4C3)nc(Nc3cc(OC)c4nc(N)nc(C(=O)N[C@@H]5CCc6ccccc65)c4c3)nc12. The summed E-state index contributed by atoms with van der Waals surface area (Å²) in [4.78, 5) is 46.0. The highest BCUT2D eigenvalue weighted by atomic mass is 16.5. The van der Waals surface area contributed by atoms with Crippen molar-refractivity contribution in [1.29, 1.82) is 0 Å². The zero-order valence-corrected chi connectivity index (χ0v) is 28.2. The Hall–Kier alpha value is -6.30. The number of aryl methyl sites for hydroxylation is 2. The fourth-order valence-corrected chi connectivity index (χ4v) is 7.28. The number of carbonyl (C=O) groups excluding carboxylic acids is 2. The monoisotopic (exact) mass is 680 g/mol. The van der Waals surface area contributed by atoms with E-state index >= 15 is 0 Å². The lowest BCUT2D eigenvalue weighted by atomic mass is 9.88. The number of hydrogen-bond acceptors (Lipinski definition) is 10. The number of rotatable bonds is 8. The molecule has 0 bridgehead atoms. The minimum Gasteiger partial charge on any atom is -0.494 e. The van der Waals surface area contributed by atoms with Gasteiger partial charge in [-0.1, -0.05) is 60.7 Å². The molecule has 5 N–H and O–H groups in total. The van der Waals surface area contributed by atoms with Crippen LogP contribution in [-0.2, 0) is 19.3 Å². The van der Waals surface area contributed by atoms with Crippen LogP contribution >= 0.6 is 0 Å². The van der Waals surface area contributed by atoms with Crippen molar-refractivity contribution in [3.63, 3.8) is 0 Å². The van der Waals surface area contributed by atoms with Gasteiger partial charge in [0.15, 0.2) is 0 Å². The van der Waals surface area contributed by atoms with Crippen molar-refractivity contribution in [2.45, 2.75) is 44.2 Å². The number of ether oxygens (including phenoxy) is 2. The van der Waals surface area contributed by atoms with Gasteiger partial charge in [0.25, 0.3) is 11.8 Å². The average molecular weight is 681 g/mol. The van der Waals surface area contributed by atoms with Crippen LogP contribution in [-0.4, -0.2) is 52.0 Å². The Morgan fingerprint density at radius 1 is 0.706 bits per heavy atom. The van der Waals surface area contributed by atoms with E-state index in [0.717, 1.165) is 37.7 Å². The number of benzene rings is 4. The van der Waals surface area contributed by atoms with Crippen LogP contribution in [0.4, 0.5) is 17.6 Å².